The van der Waals surface area contributed by atoms with Gasteiger partial charge in [-0.25, -0.2) is 9.46 Å². The number of nitro groups is 1. The van der Waals surface area contributed by atoms with Crippen LogP contribution in [0.25, 0.3) is 0 Å². The number of aromatic nitrogens is 4. The second kappa shape index (κ2) is 20.2. The summed E-state index contributed by atoms with van der Waals surface area (Å²) < 4.78 is 43.1. The summed E-state index contributed by atoms with van der Waals surface area (Å²) in [6.45, 7) is 8.13. The molecule has 3 aromatic carbocycles. The Morgan fingerprint density at radius 2 is 1.57 bits per heavy atom. The van der Waals surface area contributed by atoms with Crippen LogP contribution in [0.1, 0.15) is 69.0 Å². The Bertz CT molecular complexity index is 2320. The summed E-state index contributed by atoms with van der Waals surface area (Å²) in [6, 6.07) is 27.2. The van der Waals surface area contributed by atoms with E-state index in [0.29, 0.717) is 11.5 Å². The molecule has 18 heteroatoms. The minimum absolute atomic E-state index is 0.000247. The molecule has 322 valence electrons. The number of imidazole rings is 1. The zero-order valence-electron chi connectivity index (χ0n) is 34.9. The van der Waals surface area contributed by atoms with Gasteiger partial charge in [0.2, 0.25) is 6.33 Å². The highest BCUT2D eigenvalue weighted by molar-refractivity contribution is 7.44. The van der Waals surface area contributed by atoms with Crippen molar-refractivity contribution in [2.24, 2.45) is 0 Å². The number of aromatic amines is 1. The molecule has 0 amide bonds. The average molecular weight is 856 g/mol. The normalized spacial score (nSPS) is 17.1. The topological polar surface area (TPSA) is 198 Å². The third kappa shape index (κ3) is 10.3. The molecule has 17 nitrogen and oxygen atoms in total. The van der Waals surface area contributed by atoms with E-state index < -0.39 is 48.7 Å². The minimum Gasteiger partial charge on any atom is -0.497 e. The number of H-pyrrole nitrogens is 1. The van der Waals surface area contributed by atoms with E-state index >= 15 is 0 Å². The zero-order valence-corrected chi connectivity index (χ0v) is 35.8. The van der Waals surface area contributed by atoms with Crippen LogP contribution in [0.15, 0.2) is 107 Å². The van der Waals surface area contributed by atoms with E-state index in [1.165, 1.54) is 27.9 Å². The van der Waals surface area contributed by atoms with Gasteiger partial charge in [-0.05, 0) is 78.6 Å². The molecule has 3 heterocycles. The van der Waals surface area contributed by atoms with E-state index in [2.05, 4.69) is 20.7 Å². The summed E-state index contributed by atoms with van der Waals surface area (Å²) in [7, 11) is 1.44. The van der Waals surface area contributed by atoms with Crippen LogP contribution in [0.4, 0.5) is 5.82 Å². The van der Waals surface area contributed by atoms with Gasteiger partial charge in [0.25, 0.3) is 14.1 Å². The van der Waals surface area contributed by atoms with E-state index in [0.717, 1.165) is 16.7 Å². The quantitative estimate of drug-likeness (QED) is 0.0287. The molecule has 0 aliphatic carbocycles. The molecule has 1 aliphatic rings. The number of rotatable bonds is 20. The van der Waals surface area contributed by atoms with E-state index in [4.69, 9.17) is 28.0 Å². The van der Waals surface area contributed by atoms with E-state index in [1.807, 2.05) is 107 Å². The van der Waals surface area contributed by atoms with Crippen molar-refractivity contribution in [2.75, 3.05) is 27.4 Å². The first-order valence-electron chi connectivity index (χ1n) is 19.8. The van der Waals surface area contributed by atoms with Crippen molar-refractivity contribution in [3.05, 3.63) is 151 Å². The fourth-order valence-electron chi connectivity index (χ4n) is 7.40. The Balaban J connectivity index is 1.43. The molecule has 5 aromatic rings. The predicted molar refractivity (Wildman–Crippen MR) is 226 cm³/mol. The van der Waals surface area contributed by atoms with Gasteiger partial charge < -0.3 is 42.7 Å². The number of nitrogens with one attached hydrogen (secondary N) is 1. The van der Waals surface area contributed by atoms with Gasteiger partial charge in [-0.15, -0.1) is 0 Å². The molecule has 61 heavy (non-hydrogen) atoms. The summed E-state index contributed by atoms with van der Waals surface area (Å²) in [6.07, 6.45) is 1.64. The highest BCUT2D eigenvalue weighted by Gasteiger charge is 2.45. The van der Waals surface area contributed by atoms with Crippen molar-refractivity contribution >= 4 is 14.3 Å². The summed E-state index contributed by atoms with van der Waals surface area (Å²) in [4.78, 5) is 43.4. The molecule has 0 bridgehead atoms. The highest BCUT2D eigenvalue weighted by Crippen LogP contribution is 2.50. The maximum absolute atomic E-state index is 13.6. The Hall–Kier alpha value is -5.73. The van der Waals surface area contributed by atoms with Crippen LogP contribution >= 0.6 is 8.53 Å². The first kappa shape index (κ1) is 44.8. The maximum atomic E-state index is 13.6. The number of hydrogen-bond acceptors (Lipinski definition) is 13. The Kier molecular flexibility index (Phi) is 14.9. The molecule has 0 spiro atoms. The van der Waals surface area contributed by atoms with Gasteiger partial charge in [0.05, 0.1) is 58.1 Å². The smallest absolute Gasteiger partial charge is 0.381 e. The Labute approximate surface area is 354 Å². The van der Waals surface area contributed by atoms with Gasteiger partial charge in [0, 0.05) is 24.7 Å². The molecular weight excluding hydrogens is 805 g/mol. The van der Waals surface area contributed by atoms with Gasteiger partial charge in [0.15, 0.2) is 0 Å². The van der Waals surface area contributed by atoms with Crippen LogP contribution in [-0.4, -0.2) is 80.4 Å². The number of methoxy groups -OCH3 is 2. The van der Waals surface area contributed by atoms with Crippen LogP contribution < -0.4 is 20.7 Å². The lowest BCUT2D eigenvalue weighted by atomic mass is 9.80. The van der Waals surface area contributed by atoms with Crippen LogP contribution in [0.2, 0.25) is 0 Å². The molecule has 6 rings (SSSR count). The summed E-state index contributed by atoms with van der Waals surface area (Å²) in [5.41, 5.74) is -0.0271. The van der Waals surface area contributed by atoms with E-state index in [1.54, 1.807) is 14.2 Å². The van der Waals surface area contributed by atoms with Gasteiger partial charge in [-0.3, -0.25) is 14.3 Å². The molecule has 1 fully saturated rings. The van der Waals surface area contributed by atoms with Crippen molar-refractivity contribution < 1.29 is 32.9 Å². The largest absolute Gasteiger partial charge is 0.497 e. The Morgan fingerprint density at radius 3 is 2.11 bits per heavy atom. The summed E-state index contributed by atoms with van der Waals surface area (Å²) in [5.74, 6) is 0.947. The SMILES string of the molecule is COc1ccc(C(OC[C@H]2O[C@@H](n3cc(Cn4cnc([N+](=O)[O-])c4)c(=O)[nH]c3=O)C[C@@H]2OP(OCCC#N)N(C(C)C)C(C)C)(c2ccccc2)c2ccc(OC)cc2)cc1. The van der Waals surface area contributed by atoms with Crippen LogP contribution in [0.5, 0.6) is 11.5 Å². The maximum Gasteiger partial charge on any atom is 0.381 e. The van der Waals surface area contributed by atoms with Crippen molar-refractivity contribution in [2.45, 2.75) is 83.2 Å². The molecule has 1 aliphatic heterocycles. The molecular formula is C43H50N7O10P. The summed E-state index contributed by atoms with van der Waals surface area (Å²) >= 11 is 0. The monoisotopic (exact) mass is 855 g/mol. The van der Waals surface area contributed by atoms with Crippen molar-refractivity contribution in [1.82, 2.24) is 23.8 Å². The Morgan fingerprint density at radius 1 is 0.967 bits per heavy atom. The minimum atomic E-state index is -1.77. The van der Waals surface area contributed by atoms with Crippen molar-refractivity contribution in [3.63, 3.8) is 0 Å². The number of benzene rings is 3. The standard InChI is InChI=1S/C43H50N7O10P/c1-29(2)49(30(3)4)61(58-22-10-21-44)60-37-23-40(48-25-31(41(51)46-42(48)52)24-47-26-39(45-28-47)50(53)54)59-38(37)27-57-43(32-11-8-7-9-12-32,33-13-17-35(55-5)18-14-33)34-15-19-36(56-6)20-16-34/h7-9,11-20,25-26,28-30,37-38,40H,10,22-24,27H2,1-6H3,(H,46,51,52)/t37-,38+,40+,61?/m0/s1. The van der Waals surface area contributed by atoms with Gasteiger partial charge in [0.1, 0.15) is 35.6 Å². The number of nitrogens with zero attached hydrogens (tertiary/aromatic N) is 6. The predicted octanol–water partition coefficient (Wildman–Crippen LogP) is 6.66. The number of nitriles is 1. The van der Waals surface area contributed by atoms with Crippen LogP contribution in [0.3, 0.4) is 0 Å². The first-order valence-corrected chi connectivity index (χ1v) is 20.9. The average Bonchev–Trinajstić information content (AvgIpc) is 3.90. The molecule has 4 atom stereocenters. The van der Waals surface area contributed by atoms with Crippen molar-refractivity contribution in [3.8, 4) is 17.6 Å². The van der Waals surface area contributed by atoms with E-state index in [-0.39, 0.29) is 56.1 Å². The second-order valence-corrected chi connectivity index (χ2v) is 16.3. The molecule has 2 aromatic heterocycles. The van der Waals surface area contributed by atoms with E-state index in [9.17, 15) is 25.0 Å². The van der Waals surface area contributed by atoms with Gasteiger partial charge in [-0.2, -0.15) is 5.26 Å². The molecule has 1 N–H and O–H groups in total. The lowest BCUT2D eigenvalue weighted by molar-refractivity contribution is -0.389. The number of hydrogen-bond donors (Lipinski definition) is 1. The van der Waals surface area contributed by atoms with Gasteiger partial charge in [-0.1, -0.05) is 54.6 Å². The van der Waals surface area contributed by atoms with Crippen molar-refractivity contribution in [1.29, 1.82) is 5.26 Å². The van der Waals surface area contributed by atoms with Crippen LogP contribution in [0, 0.1) is 21.4 Å². The third-order valence-electron chi connectivity index (χ3n) is 10.2. The molecule has 0 saturated carbocycles. The third-order valence-corrected chi connectivity index (χ3v) is 12.4. The lowest BCUT2D eigenvalue weighted by Crippen LogP contribution is -2.39. The fourth-order valence-corrected chi connectivity index (χ4v) is 9.16. The number of ether oxygens (including phenoxy) is 4. The highest BCUT2D eigenvalue weighted by atomic mass is 31.2. The molecule has 1 saturated heterocycles. The lowest BCUT2D eigenvalue weighted by Gasteiger charge is -2.39. The zero-order chi connectivity index (χ0) is 43.7. The van der Waals surface area contributed by atoms with Crippen LogP contribution in [-0.2, 0) is 30.7 Å². The fraction of sp³-hybridized carbons (Fsp3) is 0.395. The molecule has 0 radical (unpaired) electrons. The van der Waals surface area contributed by atoms with Gasteiger partial charge >= 0.3 is 11.5 Å². The summed E-state index contributed by atoms with van der Waals surface area (Å²) in [5, 5.41) is 20.7. The molecule has 1 unspecified atom stereocenters. The second-order valence-electron chi connectivity index (χ2n) is 14.9. The first-order chi connectivity index (χ1) is 29.4.